The molecule has 1 aromatic heterocycles. The molecule has 0 bridgehead atoms. The molecule has 0 saturated carbocycles. The molecule has 2 aromatic carbocycles. The number of fused-ring (bicyclic) bond motifs is 1. The molecule has 0 aliphatic carbocycles. The molecule has 108 valence electrons. The molecule has 0 spiro atoms. The molecule has 2 N–H and O–H groups in total. The smallest absolute Gasteiger partial charge is 0.151 e. The van der Waals surface area contributed by atoms with E-state index in [1.54, 1.807) is 30.2 Å². The summed E-state index contributed by atoms with van der Waals surface area (Å²) in [5, 5.41) is 0. The lowest BCUT2D eigenvalue weighted by Crippen LogP contribution is -1.86. The lowest BCUT2D eigenvalue weighted by atomic mass is 10.2. The highest BCUT2D eigenvalue weighted by Crippen LogP contribution is 2.34. The number of rotatable bonds is 4. The first-order valence-electron chi connectivity index (χ1n) is 6.27. The average molecular weight is 381 g/mol. The van der Waals surface area contributed by atoms with Crippen molar-refractivity contribution in [2.24, 2.45) is 0 Å². The highest BCUT2D eigenvalue weighted by atomic mass is 79.9. The SMILES string of the molecule is COc1ccc(CSc2nc3ccc(N)cc3s2)cc1Br. The van der Waals surface area contributed by atoms with E-state index in [0.29, 0.717) is 0 Å². The quantitative estimate of drug-likeness (QED) is 0.514. The predicted molar refractivity (Wildman–Crippen MR) is 94.3 cm³/mol. The number of ether oxygens (including phenoxy) is 1. The van der Waals surface area contributed by atoms with Crippen LogP contribution in [0.2, 0.25) is 0 Å². The molecule has 0 aliphatic rings. The number of hydrogen-bond donors (Lipinski definition) is 1. The van der Waals surface area contributed by atoms with Crippen molar-refractivity contribution >= 4 is 54.9 Å². The van der Waals surface area contributed by atoms with Gasteiger partial charge in [-0.3, -0.25) is 0 Å². The summed E-state index contributed by atoms with van der Waals surface area (Å²) in [4.78, 5) is 4.61. The number of thioether (sulfide) groups is 1. The second-order valence-corrected chi connectivity index (χ2v) is 7.57. The number of benzene rings is 2. The van der Waals surface area contributed by atoms with Gasteiger partial charge in [0.1, 0.15) is 5.75 Å². The monoisotopic (exact) mass is 380 g/mol. The molecule has 0 unspecified atom stereocenters. The van der Waals surface area contributed by atoms with Crippen molar-refractivity contribution in [1.29, 1.82) is 0 Å². The Labute approximate surface area is 139 Å². The van der Waals surface area contributed by atoms with E-state index in [-0.39, 0.29) is 0 Å². The number of nitrogens with two attached hydrogens (primary N) is 1. The summed E-state index contributed by atoms with van der Waals surface area (Å²) in [7, 11) is 1.67. The van der Waals surface area contributed by atoms with Gasteiger partial charge in [-0.05, 0) is 51.8 Å². The molecule has 1 heterocycles. The van der Waals surface area contributed by atoms with Crippen LogP contribution in [-0.2, 0) is 5.75 Å². The predicted octanol–water partition coefficient (Wildman–Crippen LogP) is 4.94. The van der Waals surface area contributed by atoms with Crippen LogP contribution in [0.5, 0.6) is 5.75 Å². The molecule has 6 heteroatoms. The van der Waals surface area contributed by atoms with Gasteiger partial charge in [0.2, 0.25) is 0 Å². The maximum absolute atomic E-state index is 5.80. The summed E-state index contributed by atoms with van der Waals surface area (Å²) >= 11 is 6.92. The number of nitrogen functional groups attached to an aromatic ring is 1. The summed E-state index contributed by atoms with van der Waals surface area (Å²) in [6.07, 6.45) is 0. The molecule has 0 aliphatic heterocycles. The second-order valence-electron chi connectivity index (χ2n) is 4.46. The Morgan fingerprint density at radius 2 is 2.14 bits per heavy atom. The summed E-state index contributed by atoms with van der Waals surface area (Å²) in [5.41, 5.74) is 8.81. The average Bonchev–Trinajstić information content (AvgIpc) is 2.87. The molecule has 0 atom stereocenters. The van der Waals surface area contributed by atoms with Crippen LogP contribution in [0.3, 0.4) is 0 Å². The summed E-state index contributed by atoms with van der Waals surface area (Å²) in [6, 6.07) is 11.9. The summed E-state index contributed by atoms with van der Waals surface area (Å²) in [6.45, 7) is 0. The lowest BCUT2D eigenvalue weighted by molar-refractivity contribution is 0.412. The fraction of sp³-hybridized carbons (Fsp3) is 0.133. The van der Waals surface area contributed by atoms with E-state index >= 15 is 0 Å². The van der Waals surface area contributed by atoms with E-state index < -0.39 is 0 Å². The second kappa shape index (κ2) is 6.25. The van der Waals surface area contributed by atoms with Gasteiger partial charge in [-0.15, -0.1) is 11.3 Å². The van der Waals surface area contributed by atoms with E-state index in [1.807, 2.05) is 24.3 Å². The first-order chi connectivity index (χ1) is 10.2. The first kappa shape index (κ1) is 14.7. The third-order valence-corrected chi connectivity index (χ3v) is 5.82. The molecule has 0 amide bonds. The number of hydrogen-bond acceptors (Lipinski definition) is 5. The van der Waals surface area contributed by atoms with Gasteiger partial charge in [0, 0.05) is 11.4 Å². The molecule has 21 heavy (non-hydrogen) atoms. The Hall–Kier alpha value is -1.24. The number of thiazole rings is 1. The van der Waals surface area contributed by atoms with E-state index in [2.05, 4.69) is 33.0 Å². The fourth-order valence-corrected chi connectivity index (χ4v) is 4.57. The van der Waals surface area contributed by atoms with Crippen molar-refractivity contribution < 1.29 is 4.74 Å². The van der Waals surface area contributed by atoms with E-state index in [0.717, 1.165) is 36.2 Å². The van der Waals surface area contributed by atoms with Gasteiger partial charge in [-0.2, -0.15) is 0 Å². The third kappa shape index (κ3) is 3.33. The van der Waals surface area contributed by atoms with Crippen molar-refractivity contribution in [3.8, 4) is 5.75 Å². The third-order valence-electron chi connectivity index (χ3n) is 2.97. The zero-order valence-electron chi connectivity index (χ0n) is 11.3. The summed E-state index contributed by atoms with van der Waals surface area (Å²) in [5.74, 6) is 1.72. The summed E-state index contributed by atoms with van der Waals surface area (Å²) < 4.78 is 8.40. The molecule has 0 saturated heterocycles. The van der Waals surface area contributed by atoms with Crippen LogP contribution in [0.1, 0.15) is 5.56 Å². The van der Waals surface area contributed by atoms with Crippen LogP contribution in [0.25, 0.3) is 10.2 Å². The zero-order chi connectivity index (χ0) is 14.8. The van der Waals surface area contributed by atoms with Gasteiger partial charge < -0.3 is 10.5 Å². The Morgan fingerprint density at radius 3 is 2.90 bits per heavy atom. The van der Waals surface area contributed by atoms with Crippen LogP contribution in [-0.4, -0.2) is 12.1 Å². The van der Waals surface area contributed by atoms with E-state index in [4.69, 9.17) is 10.5 Å². The highest BCUT2D eigenvalue weighted by molar-refractivity contribution is 9.10. The molecular weight excluding hydrogens is 368 g/mol. The Morgan fingerprint density at radius 1 is 1.29 bits per heavy atom. The number of methoxy groups -OCH3 is 1. The normalized spacial score (nSPS) is 11.0. The Balaban J connectivity index is 1.75. The minimum Gasteiger partial charge on any atom is -0.496 e. The van der Waals surface area contributed by atoms with Gasteiger partial charge in [0.05, 0.1) is 21.8 Å². The first-order valence-corrected chi connectivity index (χ1v) is 8.86. The molecule has 0 radical (unpaired) electrons. The molecule has 3 rings (SSSR count). The van der Waals surface area contributed by atoms with E-state index in [1.165, 1.54) is 5.56 Å². The highest BCUT2D eigenvalue weighted by Gasteiger charge is 2.06. The minimum atomic E-state index is 0.779. The van der Waals surface area contributed by atoms with Crippen molar-refractivity contribution in [2.75, 3.05) is 12.8 Å². The zero-order valence-corrected chi connectivity index (χ0v) is 14.5. The van der Waals surface area contributed by atoms with E-state index in [9.17, 15) is 0 Å². The van der Waals surface area contributed by atoms with Crippen molar-refractivity contribution in [3.63, 3.8) is 0 Å². The van der Waals surface area contributed by atoms with Gasteiger partial charge in [-0.1, -0.05) is 17.8 Å². The Kier molecular flexibility index (Phi) is 4.37. The van der Waals surface area contributed by atoms with Gasteiger partial charge in [-0.25, -0.2) is 4.98 Å². The van der Waals surface area contributed by atoms with Crippen LogP contribution in [0.4, 0.5) is 5.69 Å². The number of nitrogens with zero attached hydrogens (tertiary/aromatic N) is 1. The van der Waals surface area contributed by atoms with Crippen molar-refractivity contribution in [3.05, 3.63) is 46.4 Å². The number of anilines is 1. The van der Waals surface area contributed by atoms with Gasteiger partial charge >= 0.3 is 0 Å². The molecular formula is C15H13BrN2OS2. The largest absolute Gasteiger partial charge is 0.496 e. The molecule has 3 aromatic rings. The maximum Gasteiger partial charge on any atom is 0.151 e. The number of halogens is 1. The molecule has 3 nitrogen and oxygen atoms in total. The van der Waals surface area contributed by atoms with Crippen LogP contribution in [0.15, 0.2) is 45.2 Å². The van der Waals surface area contributed by atoms with Crippen LogP contribution in [0, 0.1) is 0 Å². The van der Waals surface area contributed by atoms with Crippen molar-refractivity contribution in [2.45, 2.75) is 10.1 Å². The van der Waals surface area contributed by atoms with Gasteiger partial charge in [0.25, 0.3) is 0 Å². The standard InChI is InChI=1S/C15H13BrN2OS2/c1-19-13-5-2-9(6-11(13)16)8-20-15-18-12-4-3-10(17)7-14(12)21-15/h2-7H,8,17H2,1H3. The maximum atomic E-state index is 5.80. The number of aromatic nitrogens is 1. The van der Waals surface area contributed by atoms with Crippen LogP contribution < -0.4 is 10.5 Å². The topological polar surface area (TPSA) is 48.1 Å². The van der Waals surface area contributed by atoms with Crippen molar-refractivity contribution in [1.82, 2.24) is 4.98 Å². The molecule has 0 fully saturated rings. The van der Waals surface area contributed by atoms with Gasteiger partial charge in [0.15, 0.2) is 4.34 Å². The minimum absolute atomic E-state index is 0.779. The fourth-order valence-electron chi connectivity index (χ4n) is 1.93. The van der Waals surface area contributed by atoms with Crippen LogP contribution >= 0.6 is 39.0 Å². The lowest BCUT2D eigenvalue weighted by Gasteiger charge is -2.05. The Bertz CT molecular complexity index is 788.